The third-order valence-corrected chi connectivity index (χ3v) is 6.04. The fraction of sp³-hybridized carbons (Fsp3) is 0.500. The van der Waals surface area contributed by atoms with E-state index in [9.17, 15) is 8.42 Å². The minimum absolute atomic E-state index is 0.0909. The summed E-state index contributed by atoms with van der Waals surface area (Å²) in [5.41, 5.74) is 1.08. The summed E-state index contributed by atoms with van der Waals surface area (Å²) >= 11 is 1.03. The molecule has 1 unspecified atom stereocenters. The summed E-state index contributed by atoms with van der Waals surface area (Å²) in [5, 5.41) is 0. The van der Waals surface area contributed by atoms with Gasteiger partial charge in [0.15, 0.2) is 0 Å². The zero-order valence-electron chi connectivity index (χ0n) is 11.0. The van der Waals surface area contributed by atoms with Crippen LogP contribution < -0.4 is 0 Å². The molecule has 3 rings (SSSR count). The van der Waals surface area contributed by atoms with Crippen LogP contribution in [-0.2, 0) is 14.8 Å². The van der Waals surface area contributed by atoms with E-state index in [1.807, 2.05) is 0 Å². The lowest BCUT2D eigenvalue weighted by Gasteiger charge is -2.23. The van der Waals surface area contributed by atoms with Crippen LogP contribution in [0.15, 0.2) is 23.1 Å². The van der Waals surface area contributed by atoms with E-state index in [-0.39, 0.29) is 10.9 Å². The Morgan fingerprint density at radius 3 is 3.10 bits per heavy atom. The van der Waals surface area contributed by atoms with E-state index in [2.05, 4.69) is 8.75 Å². The van der Waals surface area contributed by atoms with Crippen molar-refractivity contribution in [3.8, 4) is 0 Å². The first kappa shape index (κ1) is 13.9. The van der Waals surface area contributed by atoms with Gasteiger partial charge in [0.2, 0.25) is 10.0 Å². The van der Waals surface area contributed by atoms with Crippen molar-refractivity contribution in [2.24, 2.45) is 0 Å². The smallest absolute Gasteiger partial charge is 0.245 e. The molecule has 2 aromatic rings. The summed E-state index contributed by atoms with van der Waals surface area (Å²) in [5.74, 6) is 0. The highest BCUT2D eigenvalue weighted by Crippen LogP contribution is 2.29. The third-order valence-electron chi connectivity index (χ3n) is 3.52. The SMILES string of the molecule is COCC1CCCN1S(=O)(=O)c1cccc2nsnc12. The third kappa shape index (κ3) is 2.22. The van der Waals surface area contributed by atoms with E-state index in [0.717, 1.165) is 24.6 Å². The molecule has 0 aliphatic carbocycles. The van der Waals surface area contributed by atoms with Gasteiger partial charge in [0.25, 0.3) is 0 Å². The van der Waals surface area contributed by atoms with Gasteiger partial charge in [0.1, 0.15) is 15.9 Å². The highest BCUT2D eigenvalue weighted by atomic mass is 32.2. The van der Waals surface area contributed by atoms with Crippen molar-refractivity contribution in [1.29, 1.82) is 0 Å². The molecule has 6 nitrogen and oxygen atoms in total. The number of hydrogen-bond donors (Lipinski definition) is 0. The molecule has 0 spiro atoms. The van der Waals surface area contributed by atoms with E-state index < -0.39 is 10.0 Å². The summed E-state index contributed by atoms with van der Waals surface area (Å²) in [6, 6.07) is 4.99. The zero-order chi connectivity index (χ0) is 14.2. The quantitative estimate of drug-likeness (QED) is 0.855. The summed E-state index contributed by atoms with van der Waals surface area (Å²) in [7, 11) is -1.96. The maximum absolute atomic E-state index is 12.8. The summed E-state index contributed by atoms with van der Waals surface area (Å²) in [6.45, 7) is 0.953. The van der Waals surface area contributed by atoms with Crippen LogP contribution in [0.4, 0.5) is 0 Å². The second kappa shape index (κ2) is 5.36. The van der Waals surface area contributed by atoms with Crippen LogP contribution in [0.25, 0.3) is 11.0 Å². The van der Waals surface area contributed by atoms with Crippen LogP contribution in [0.2, 0.25) is 0 Å². The van der Waals surface area contributed by atoms with Crippen molar-refractivity contribution in [3.05, 3.63) is 18.2 Å². The molecule has 0 amide bonds. The Bertz CT molecular complexity index is 714. The average Bonchev–Trinajstić information content (AvgIpc) is 3.06. The predicted molar refractivity (Wildman–Crippen MR) is 76.2 cm³/mol. The minimum Gasteiger partial charge on any atom is -0.383 e. The van der Waals surface area contributed by atoms with Gasteiger partial charge in [-0.05, 0) is 25.0 Å². The molecule has 1 saturated heterocycles. The van der Waals surface area contributed by atoms with Crippen molar-refractivity contribution < 1.29 is 13.2 Å². The van der Waals surface area contributed by atoms with Crippen LogP contribution in [0.3, 0.4) is 0 Å². The van der Waals surface area contributed by atoms with Gasteiger partial charge in [-0.1, -0.05) is 6.07 Å². The summed E-state index contributed by atoms with van der Waals surface area (Å²) in [4.78, 5) is 0.242. The fourth-order valence-corrected chi connectivity index (χ4v) is 5.03. The first-order valence-electron chi connectivity index (χ1n) is 6.36. The Balaban J connectivity index is 2.05. The van der Waals surface area contributed by atoms with Gasteiger partial charge < -0.3 is 4.74 Å². The van der Waals surface area contributed by atoms with E-state index in [0.29, 0.717) is 24.2 Å². The summed E-state index contributed by atoms with van der Waals surface area (Å²) in [6.07, 6.45) is 1.69. The van der Waals surface area contributed by atoms with Crippen LogP contribution >= 0.6 is 11.7 Å². The van der Waals surface area contributed by atoms with Crippen LogP contribution in [0.5, 0.6) is 0 Å². The molecular formula is C12H15N3O3S2. The fourth-order valence-electron chi connectivity index (χ4n) is 2.60. The van der Waals surface area contributed by atoms with Gasteiger partial charge in [0.05, 0.1) is 18.3 Å². The number of nitrogens with zero attached hydrogens (tertiary/aromatic N) is 3. The second-order valence-electron chi connectivity index (χ2n) is 4.76. The largest absolute Gasteiger partial charge is 0.383 e. The maximum atomic E-state index is 12.8. The molecule has 8 heteroatoms. The zero-order valence-corrected chi connectivity index (χ0v) is 12.7. The number of fused-ring (bicyclic) bond motifs is 1. The molecule has 1 aromatic carbocycles. The molecule has 0 radical (unpaired) electrons. The van der Waals surface area contributed by atoms with Gasteiger partial charge in [-0.25, -0.2) is 8.42 Å². The molecule has 0 N–H and O–H groups in total. The Labute approximate surface area is 121 Å². The first-order valence-corrected chi connectivity index (χ1v) is 8.53. The van der Waals surface area contributed by atoms with E-state index in [1.54, 1.807) is 25.3 Å². The number of methoxy groups -OCH3 is 1. The topological polar surface area (TPSA) is 72.4 Å². The molecule has 1 aliphatic rings. The maximum Gasteiger partial charge on any atom is 0.245 e. The monoisotopic (exact) mass is 313 g/mol. The van der Waals surface area contributed by atoms with Gasteiger partial charge in [0, 0.05) is 19.7 Å². The van der Waals surface area contributed by atoms with Crippen molar-refractivity contribution >= 4 is 32.8 Å². The van der Waals surface area contributed by atoms with E-state index in [4.69, 9.17) is 4.74 Å². The standard InChI is InChI=1S/C12H15N3O3S2/c1-18-8-9-4-3-7-15(9)20(16,17)11-6-2-5-10-12(11)14-19-13-10/h2,5-6,9H,3-4,7-8H2,1H3. The van der Waals surface area contributed by atoms with Crippen molar-refractivity contribution in [1.82, 2.24) is 13.1 Å². The molecule has 1 aromatic heterocycles. The molecule has 108 valence electrons. The van der Waals surface area contributed by atoms with E-state index >= 15 is 0 Å². The van der Waals surface area contributed by atoms with Crippen LogP contribution in [0.1, 0.15) is 12.8 Å². The van der Waals surface area contributed by atoms with Gasteiger partial charge >= 0.3 is 0 Å². The lowest BCUT2D eigenvalue weighted by molar-refractivity contribution is 0.149. The summed E-state index contributed by atoms with van der Waals surface area (Å²) < 4.78 is 40.6. The number of benzene rings is 1. The Morgan fingerprint density at radius 2 is 2.30 bits per heavy atom. The predicted octanol–water partition coefficient (Wildman–Crippen LogP) is 1.49. The molecule has 1 fully saturated rings. The Morgan fingerprint density at radius 1 is 1.45 bits per heavy atom. The van der Waals surface area contributed by atoms with E-state index in [1.165, 1.54) is 4.31 Å². The Hall–Kier alpha value is -1.09. The Kier molecular flexibility index (Phi) is 3.72. The lowest BCUT2D eigenvalue weighted by Crippen LogP contribution is -2.38. The molecule has 0 bridgehead atoms. The van der Waals surface area contributed by atoms with Crippen molar-refractivity contribution in [3.63, 3.8) is 0 Å². The van der Waals surface area contributed by atoms with Gasteiger partial charge in [-0.3, -0.25) is 0 Å². The number of aromatic nitrogens is 2. The normalized spacial score (nSPS) is 20.8. The highest BCUT2D eigenvalue weighted by molar-refractivity contribution is 7.89. The number of hydrogen-bond acceptors (Lipinski definition) is 6. The number of ether oxygens (including phenoxy) is 1. The van der Waals surface area contributed by atoms with Gasteiger partial charge in [-0.2, -0.15) is 13.1 Å². The second-order valence-corrected chi connectivity index (χ2v) is 7.14. The molecule has 2 heterocycles. The lowest BCUT2D eigenvalue weighted by atomic mass is 10.2. The molecular weight excluding hydrogens is 298 g/mol. The van der Waals surface area contributed by atoms with Crippen LogP contribution in [0, 0.1) is 0 Å². The number of rotatable bonds is 4. The molecule has 1 atom stereocenters. The first-order chi connectivity index (χ1) is 9.64. The van der Waals surface area contributed by atoms with Crippen molar-refractivity contribution in [2.45, 2.75) is 23.8 Å². The molecule has 20 heavy (non-hydrogen) atoms. The minimum atomic E-state index is -3.55. The number of sulfonamides is 1. The van der Waals surface area contributed by atoms with Gasteiger partial charge in [-0.15, -0.1) is 0 Å². The average molecular weight is 313 g/mol. The highest BCUT2D eigenvalue weighted by Gasteiger charge is 2.36. The molecule has 0 saturated carbocycles. The molecule has 1 aliphatic heterocycles. The van der Waals surface area contributed by atoms with Crippen molar-refractivity contribution in [2.75, 3.05) is 20.3 Å². The van der Waals surface area contributed by atoms with Crippen LogP contribution in [-0.4, -0.2) is 47.8 Å².